The van der Waals surface area contributed by atoms with Gasteiger partial charge in [-0.2, -0.15) is 4.39 Å². The maximum Gasteiger partial charge on any atom is 0.311 e. The van der Waals surface area contributed by atoms with Crippen LogP contribution in [0.15, 0.2) is 23.2 Å². The van der Waals surface area contributed by atoms with Crippen LogP contribution in [-0.4, -0.2) is 4.98 Å². The monoisotopic (exact) mass is 223 g/mol. The molecule has 0 saturated carbocycles. The van der Waals surface area contributed by atoms with Crippen LogP contribution in [0.4, 0.5) is 23.8 Å². The summed E-state index contributed by atoms with van der Waals surface area (Å²) < 4.78 is 71.6. The molecule has 0 amide bonds. The van der Waals surface area contributed by atoms with E-state index in [1.807, 2.05) is 0 Å². The number of aromatic nitrogens is 1. The summed E-state index contributed by atoms with van der Waals surface area (Å²) >= 11 is 0. The Labute approximate surface area is 69.1 Å². The van der Waals surface area contributed by atoms with Gasteiger partial charge in [-0.1, -0.05) is 19.4 Å². The van der Waals surface area contributed by atoms with Crippen LogP contribution >= 0.6 is 10.2 Å². The molecule has 0 radical (unpaired) electrons. The van der Waals surface area contributed by atoms with E-state index in [9.17, 15) is 23.8 Å². The highest BCUT2D eigenvalue weighted by atomic mass is 32.5. The Kier molecular flexibility index (Phi) is 1.52. The van der Waals surface area contributed by atoms with Gasteiger partial charge in [-0.3, -0.25) is 0 Å². The lowest BCUT2D eigenvalue weighted by Crippen LogP contribution is -2.06. The summed E-state index contributed by atoms with van der Waals surface area (Å²) in [7, 11) is -9.68. The number of rotatable bonds is 1. The van der Waals surface area contributed by atoms with Crippen molar-refractivity contribution >= 4 is 10.2 Å². The highest BCUT2D eigenvalue weighted by Gasteiger charge is 2.65. The van der Waals surface area contributed by atoms with E-state index in [4.69, 9.17) is 0 Å². The Morgan fingerprint density at radius 3 is 1.85 bits per heavy atom. The minimum absolute atomic E-state index is 0.0378. The van der Waals surface area contributed by atoms with Gasteiger partial charge in [0, 0.05) is 0 Å². The maximum atomic E-state index is 12.0. The molecule has 0 atom stereocenters. The van der Waals surface area contributed by atoms with Crippen molar-refractivity contribution < 1.29 is 23.8 Å². The van der Waals surface area contributed by atoms with Crippen LogP contribution in [0, 0.1) is 5.95 Å². The van der Waals surface area contributed by atoms with E-state index in [0.717, 1.165) is 0 Å². The number of nitrogens with zero attached hydrogens (tertiary/aromatic N) is 1. The molecule has 0 spiro atoms. The molecule has 0 aliphatic rings. The van der Waals surface area contributed by atoms with Crippen LogP contribution in [0.25, 0.3) is 0 Å². The third kappa shape index (κ3) is 2.51. The van der Waals surface area contributed by atoms with Crippen molar-refractivity contribution in [2.24, 2.45) is 0 Å². The Bertz CT molecular complexity index is 325. The lowest BCUT2D eigenvalue weighted by molar-refractivity contribution is 0.363. The fourth-order valence-electron chi connectivity index (χ4n) is 0.590. The van der Waals surface area contributed by atoms with Crippen LogP contribution < -0.4 is 0 Å². The van der Waals surface area contributed by atoms with Crippen LogP contribution in [0.2, 0.25) is 0 Å². The molecule has 0 fully saturated rings. The van der Waals surface area contributed by atoms with Crippen molar-refractivity contribution in [2.75, 3.05) is 0 Å². The van der Waals surface area contributed by atoms with Crippen LogP contribution in [-0.2, 0) is 0 Å². The maximum absolute atomic E-state index is 12.0. The summed E-state index contributed by atoms with van der Waals surface area (Å²) in [5, 5.41) is 0. The second-order valence-electron chi connectivity index (χ2n) is 2.29. The van der Waals surface area contributed by atoms with Gasteiger partial charge in [-0.15, -0.1) is 0 Å². The molecule has 0 bridgehead atoms. The van der Waals surface area contributed by atoms with Gasteiger partial charge in [0.15, 0.2) is 0 Å². The average Bonchev–Trinajstić information content (AvgIpc) is 1.82. The first-order valence-electron chi connectivity index (χ1n) is 2.85. The molecule has 1 aromatic heterocycles. The van der Waals surface area contributed by atoms with Gasteiger partial charge < -0.3 is 0 Å². The topological polar surface area (TPSA) is 12.9 Å². The largest absolute Gasteiger partial charge is 0.311 e. The molecule has 1 aromatic rings. The third-order valence-electron chi connectivity index (χ3n) is 1.15. The molecule has 0 aliphatic heterocycles. The fraction of sp³-hybridized carbons (Fsp3) is 0. The first kappa shape index (κ1) is 10.2. The molecule has 0 unspecified atom stereocenters. The van der Waals surface area contributed by atoms with Crippen LogP contribution in [0.5, 0.6) is 0 Å². The van der Waals surface area contributed by atoms with Crippen LogP contribution in [0.1, 0.15) is 0 Å². The number of pyridine rings is 1. The predicted octanol–water partition coefficient (Wildman–Crippen LogP) is 3.88. The second-order valence-corrected chi connectivity index (χ2v) is 4.69. The molecule has 0 saturated heterocycles. The Hall–Kier alpha value is -0.920. The summed E-state index contributed by atoms with van der Waals surface area (Å²) in [6, 6.07) is 0.192. The van der Waals surface area contributed by atoms with E-state index in [-0.39, 0.29) is 18.3 Å². The van der Waals surface area contributed by atoms with E-state index >= 15 is 0 Å². The molecule has 1 heterocycles. The second kappa shape index (κ2) is 1.94. The van der Waals surface area contributed by atoms with E-state index in [1.165, 1.54) is 0 Å². The minimum atomic E-state index is -9.68. The lowest BCUT2D eigenvalue weighted by Gasteiger charge is -2.39. The van der Waals surface area contributed by atoms with Crippen molar-refractivity contribution in [3.05, 3.63) is 24.3 Å². The molecular weight excluding hydrogens is 220 g/mol. The van der Waals surface area contributed by atoms with E-state index in [2.05, 4.69) is 4.98 Å². The molecule has 1 rings (SSSR count). The Balaban J connectivity index is 3.34. The van der Waals surface area contributed by atoms with Gasteiger partial charge in [-0.25, -0.2) is 4.98 Å². The molecule has 0 aromatic carbocycles. The van der Waals surface area contributed by atoms with E-state index < -0.39 is 21.1 Å². The molecule has 1 nitrogen and oxygen atoms in total. The highest BCUT2D eigenvalue weighted by Crippen LogP contribution is 3.01. The van der Waals surface area contributed by atoms with E-state index in [0.29, 0.717) is 0 Å². The van der Waals surface area contributed by atoms with E-state index in [1.54, 1.807) is 0 Å². The van der Waals surface area contributed by atoms with Gasteiger partial charge in [0.25, 0.3) is 0 Å². The summed E-state index contributed by atoms with van der Waals surface area (Å²) in [5.74, 6) is -1.24. The molecule has 0 aliphatic carbocycles. The zero-order valence-corrected chi connectivity index (χ0v) is 6.67. The number of hydrogen-bond donors (Lipinski definition) is 0. The van der Waals surface area contributed by atoms with Gasteiger partial charge in [-0.05, 0) is 12.1 Å². The standard InChI is InChI=1S/C5H3F6NS/c6-5-2-1-4(3-12-5)13(7,8,9,10)11/h1-3H. The molecule has 8 heteroatoms. The first-order chi connectivity index (χ1) is 5.49. The number of hydrogen-bond acceptors (Lipinski definition) is 1. The smallest absolute Gasteiger partial charge is 0.227 e. The molecule has 0 N–H and O–H groups in total. The van der Waals surface area contributed by atoms with Gasteiger partial charge in [0.2, 0.25) is 5.95 Å². The zero-order chi connectivity index (χ0) is 10.4. The summed E-state index contributed by atoms with van der Waals surface area (Å²) in [4.78, 5) is 0.306. The zero-order valence-electron chi connectivity index (χ0n) is 5.86. The molecule has 13 heavy (non-hydrogen) atoms. The number of halogens is 6. The summed E-state index contributed by atoms with van der Waals surface area (Å²) in [6.45, 7) is 0. The van der Waals surface area contributed by atoms with Crippen molar-refractivity contribution in [3.8, 4) is 0 Å². The first-order valence-corrected chi connectivity index (χ1v) is 4.80. The van der Waals surface area contributed by atoms with Crippen molar-refractivity contribution in [2.45, 2.75) is 4.90 Å². The predicted molar refractivity (Wildman–Crippen MR) is 35.6 cm³/mol. The summed E-state index contributed by atoms with van der Waals surface area (Å²) in [6.07, 6.45) is -0.225. The quantitative estimate of drug-likeness (QED) is 0.520. The van der Waals surface area contributed by atoms with Crippen molar-refractivity contribution in [3.63, 3.8) is 0 Å². The summed E-state index contributed by atoms with van der Waals surface area (Å²) in [5.41, 5.74) is 0. The van der Waals surface area contributed by atoms with Gasteiger partial charge >= 0.3 is 10.2 Å². The SMILES string of the molecule is Fc1ccc(S(F)(F)(F)(F)F)cn1. The fourth-order valence-corrected chi connectivity index (χ4v) is 1.17. The molecular formula is C5H3F6NS. The van der Waals surface area contributed by atoms with Gasteiger partial charge in [0.05, 0.1) is 6.20 Å². The highest BCUT2D eigenvalue weighted by molar-refractivity contribution is 8.45. The van der Waals surface area contributed by atoms with Crippen molar-refractivity contribution in [1.29, 1.82) is 0 Å². The normalized spacial score (nSPS) is 17.7. The van der Waals surface area contributed by atoms with Crippen LogP contribution in [0.3, 0.4) is 0 Å². The third-order valence-corrected chi connectivity index (χ3v) is 2.28. The molecule has 76 valence electrons. The van der Waals surface area contributed by atoms with Gasteiger partial charge in [0.1, 0.15) is 4.90 Å². The van der Waals surface area contributed by atoms with Crippen molar-refractivity contribution in [1.82, 2.24) is 4.98 Å². The minimum Gasteiger partial charge on any atom is -0.227 e. The average molecular weight is 223 g/mol. The Morgan fingerprint density at radius 2 is 1.54 bits per heavy atom. The Morgan fingerprint density at radius 1 is 1.00 bits per heavy atom. The lowest BCUT2D eigenvalue weighted by atomic mass is 10.5.